The lowest BCUT2D eigenvalue weighted by Crippen LogP contribution is -2.45. The Kier molecular flexibility index (Phi) is 69.9. The molecule has 0 radical (unpaired) electrons. The Bertz CT molecular complexity index is 1220. The number of aliphatic hydroxyl groups is 2. The zero-order valence-corrected chi connectivity index (χ0v) is 55.3. The second kappa shape index (κ2) is 71.1. The molecule has 482 valence electrons. The number of allylic oxidation sites excluding steroid dienone is 2. The molecule has 0 aromatic rings. The number of nitrogens with one attached hydrogen (secondary N) is 1. The van der Waals surface area contributed by atoms with Gasteiger partial charge in [-0.05, 0) is 51.4 Å². The fourth-order valence-corrected chi connectivity index (χ4v) is 12.1. The van der Waals surface area contributed by atoms with Gasteiger partial charge in [0, 0.05) is 12.8 Å². The minimum Gasteiger partial charge on any atom is -0.466 e. The number of amides is 1. The van der Waals surface area contributed by atoms with E-state index in [9.17, 15) is 19.8 Å². The Hall–Kier alpha value is -1.40. The number of hydrogen-bond donors (Lipinski definition) is 3. The first-order valence-corrected chi connectivity index (χ1v) is 37.4. The molecule has 81 heavy (non-hydrogen) atoms. The Morgan fingerprint density at radius 2 is 0.580 bits per heavy atom. The molecule has 0 aliphatic heterocycles. The minimum atomic E-state index is -0.664. The molecule has 2 atom stereocenters. The Morgan fingerprint density at radius 3 is 0.877 bits per heavy atom. The minimum absolute atomic E-state index is 0.0104. The summed E-state index contributed by atoms with van der Waals surface area (Å²) in [7, 11) is 0. The van der Waals surface area contributed by atoms with Crippen LogP contribution < -0.4 is 5.32 Å². The van der Waals surface area contributed by atoms with E-state index in [1.807, 2.05) is 0 Å². The summed E-state index contributed by atoms with van der Waals surface area (Å²) in [5.74, 6) is -0.0173. The molecular formula is C75H147NO5. The average molecular weight is 1140 g/mol. The molecule has 6 heteroatoms. The molecule has 0 aliphatic rings. The average Bonchev–Trinajstić information content (AvgIpc) is 3.47. The van der Waals surface area contributed by atoms with Crippen molar-refractivity contribution in [3.63, 3.8) is 0 Å². The van der Waals surface area contributed by atoms with Crippen molar-refractivity contribution < 1.29 is 24.5 Å². The second-order valence-electron chi connectivity index (χ2n) is 26.0. The summed E-state index contributed by atoms with van der Waals surface area (Å²) < 4.78 is 5.50. The Labute approximate surface area is 508 Å². The van der Waals surface area contributed by atoms with Crippen LogP contribution in [0, 0.1) is 0 Å². The fourth-order valence-electron chi connectivity index (χ4n) is 12.1. The maximum absolute atomic E-state index is 12.6. The molecule has 6 nitrogen and oxygen atoms in total. The summed E-state index contributed by atoms with van der Waals surface area (Å²) in [6.07, 6.45) is 88.5. The van der Waals surface area contributed by atoms with Gasteiger partial charge in [0.1, 0.15) is 0 Å². The van der Waals surface area contributed by atoms with E-state index in [-0.39, 0.29) is 18.5 Å². The van der Waals surface area contributed by atoms with E-state index in [0.29, 0.717) is 25.9 Å². The Morgan fingerprint density at radius 1 is 0.333 bits per heavy atom. The normalized spacial score (nSPS) is 12.5. The number of esters is 1. The fraction of sp³-hybridized carbons (Fsp3) is 0.947. The molecular weight excluding hydrogens is 995 g/mol. The van der Waals surface area contributed by atoms with Crippen molar-refractivity contribution in [3.05, 3.63) is 12.2 Å². The van der Waals surface area contributed by atoms with E-state index in [0.717, 1.165) is 44.9 Å². The van der Waals surface area contributed by atoms with Gasteiger partial charge in [-0.1, -0.05) is 379 Å². The third-order valence-electron chi connectivity index (χ3n) is 17.8. The van der Waals surface area contributed by atoms with Gasteiger partial charge >= 0.3 is 5.97 Å². The summed E-state index contributed by atoms with van der Waals surface area (Å²) in [4.78, 5) is 24.7. The largest absolute Gasteiger partial charge is 0.466 e. The van der Waals surface area contributed by atoms with Crippen LogP contribution in [0.5, 0.6) is 0 Å². The van der Waals surface area contributed by atoms with Crippen LogP contribution >= 0.6 is 0 Å². The second-order valence-corrected chi connectivity index (χ2v) is 26.0. The third-order valence-corrected chi connectivity index (χ3v) is 17.8. The van der Waals surface area contributed by atoms with Gasteiger partial charge in [0.2, 0.25) is 5.91 Å². The highest BCUT2D eigenvalue weighted by molar-refractivity contribution is 5.76. The summed E-state index contributed by atoms with van der Waals surface area (Å²) >= 11 is 0. The molecule has 0 saturated heterocycles. The predicted molar refractivity (Wildman–Crippen MR) is 357 cm³/mol. The van der Waals surface area contributed by atoms with E-state index in [4.69, 9.17) is 4.74 Å². The summed E-state index contributed by atoms with van der Waals surface area (Å²) in [5, 5.41) is 23.5. The van der Waals surface area contributed by atoms with E-state index in [1.54, 1.807) is 0 Å². The topological polar surface area (TPSA) is 95.9 Å². The van der Waals surface area contributed by atoms with Gasteiger partial charge < -0.3 is 20.3 Å². The van der Waals surface area contributed by atoms with Gasteiger partial charge in [-0.3, -0.25) is 9.59 Å². The Balaban J connectivity index is 3.36. The van der Waals surface area contributed by atoms with Crippen LogP contribution in [0.4, 0.5) is 0 Å². The number of hydrogen-bond acceptors (Lipinski definition) is 5. The molecule has 0 aliphatic carbocycles. The first-order chi connectivity index (χ1) is 40.0. The van der Waals surface area contributed by atoms with Gasteiger partial charge in [-0.2, -0.15) is 0 Å². The predicted octanol–water partition coefficient (Wildman–Crippen LogP) is 24.3. The van der Waals surface area contributed by atoms with Crippen molar-refractivity contribution in [2.45, 2.75) is 443 Å². The number of carbonyl (C=O) groups is 2. The lowest BCUT2D eigenvalue weighted by atomic mass is 10.0. The molecule has 0 fully saturated rings. The van der Waals surface area contributed by atoms with Crippen molar-refractivity contribution in [2.24, 2.45) is 0 Å². The molecule has 0 saturated carbocycles. The van der Waals surface area contributed by atoms with Crippen molar-refractivity contribution in [1.82, 2.24) is 5.32 Å². The maximum atomic E-state index is 12.6. The summed E-state index contributed by atoms with van der Waals surface area (Å²) in [6.45, 7) is 5.00. The van der Waals surface area contributed by atoms with Crippen LogP contribution in [0.3, 0.4) is 0 Å². The standard InChI is InChI=1S/C75H147NO5/c1-3-5-7-9-11-13-15-17-19-21-22-23-27-30-33-36-39-43-47-51-55-59-63-67-73(78)72(71-77)76-74(79)68-64-60-56-52-48-44-40-37-34-31-28-25-24-26-29-32-35-38-42-46-50-54-58-62-66-70-81-75(80)69-65-61-57-53-49-45-41-20-18-16-14-12-10-8-6-4-2/h20,41,72-73,77-78H,3-19,21-40,42-71H2,1-2H3,(H,76,79)/b41-20-. The first kappa shape index (κ1) is 79.6. The SMILES string of the molecule is CCCCCCCCC/C=C\CCCCCCCC(=O)OCCCCCCCCCCCCCCCCCCCCCCCCCCCC(=O)NC(CO)C(O)CCCCCCCCCCCCCCCCCCCCCCCCC. The summed E-state index contributed by atoms with van der Waals surface area (Å²) in [5.41, 5.74) is 0. The highest BCUT2D eigenvalue weighted by atomic mass is 16.5. The lowest BCUT2D eigenvalue weighted by Gasteiger charge is -2.22. The van der Waals surface area contributed by atoms with E-state index in [1.165, 1.54) is 353 Å². The van der Waals surface area contributed by atoms with Crippen LogP contribution in [-0.2, 0) is 14.3 Å². The van der Waals surface area contributed by atoms with E-state index < -0.39 is 12.1 Å². The van der Waals surface area contributed by atoms with Gasteiger partial charge in [0.05, 0.1) is 25.4 Å². The molecule has 0 aromatic heterocycles. The van der Waals surface area contributed by atoms with E-state index >= 15 is 0 Å². The molecule has 3 N–H and O–H groups in total. The number of carbonyl (C=O) groups excluding carboxylic acids is 2. The van der Waals surface area contributed by atoms with Gasteiger partial charge in [-0.25, -0.2) is 0 Å². The van der Waals surface area contributed by atoms with Crippen LogP contribution in [0.1, 0.15) is 431 Å². The van der Waals surface area contributed by atoms with Crippen molar-refractivity contribution in [3.8, 4) is 0 Å². The smallest absolute Gasteiger partial charge is 0.305 e. The van der Waals surface area contributed by atoms with Crippen molar-refractivity contribution >= 4 is 11.9 Å². The highest BCUT2D eigenvalue weighted by Gasteiger charge is 2.20. The monoisotopic (exact) mass is 1140 g/mol. The van der Waals surface area contributed by atoms with Gasteiger partial charge in [-0.15, -0.1) is 0 Å². The number of unbranched alkanes of at least 4 members (excludes halogenated alkanes) is 58. The first-order valence-electron chi connectivity index (χ1n) is 37.4. The van der Waals surface area contributed by atoms with Gasteiger partial charge in [0.25, 0.3) is 0 Å². The lowest BCUT2D eigenvalue weighted by molar-refractivity contribution is -0.143. The van der Waals surface area contributed by atoms with Crippen LogP contribution in [-0.4, -0.2) is 47.4 Å². The number of aliphatic hydroxyl groups excluding tert-OH is 2. The molecule has 2 unspecified atom stereocenters. The summed E-state index contributed by atoms with van der Waals surface area (Å²) in [6, 6.07) is -0.541. The van der Waals surface area contributed by atoms with Crippen LogP contribution in [0.2, 0.25) is 0 Å². The molecule has 0 rings (SSSR count). The van der Waals surface area contributed by atoms with Crippen LogP contribution in [0.15, 0.2) is 12.2 Å². The highest BCUT2D eigenvalue weighted by Crippen LogP contribution is 2.20. The molecule has 0 spiro atoms. The van der Waals surface area contributed by atoms with Crippen molar-refractivity contribution in [2.75, 3.05) is 13.2 Å². The zero-order valence-electron chi connectivity index (χ0n) is 55.3. The van der Waals surface area contributed by atoms with E-state index in [2.05, 4.69) is 31.3 Å². The molecule has 1 amide bonds. The molecule has 0 bridgehead atoms. The quantitative estimate of drug-likeness (QED) is 0.0320. The number of ether oxygens (including phenoxy) is 1. The number of rotatable bonds is 71. The zero-order chi connectivity index (χ0) is 58.5. The van der Waals surface area contributed by atoms with Crippen LogP contribution in [0.25, 0.3) is 0 Å². The third kappa shape index (κ3) is 67.6. The maximum Gasteiger partial charge on any atom is 0.305 e. The van der Waals surface area contributed by atoms with Gasteiger partial charge in [0.15, 0.2) is 0 Å². The van der Waals surface area contributed by atoms with Crippen molar-refractivity contribution in [1.29, 1.82) is 0 Å². The molecule has 0 heterocycles. The molecule has 0 aromatic carbocycles.